The topological polar surface area (TPSA) is 21.3 Å². The van der Waals surface area contributed by atoms with Crippen LogP contribution in [0.1, 0.15) is 17.5 Å². The first kappa shape index (κ1) is 11.6. The molecule has 0 amide bonds. The van der Waals surface area contributed by atoms with E-state index >= 15 is 0 Å². The van der Waals surface area contributed by atoms with Gasteiger partial charge < -0.3 is 10.1 Å². The first-order valence-corrected chi connectivity index (χ1v) is 5.79. The third-order valence-electron chi connectivity index (χ3n) is 3.08. The van der Waals surface area contributed by atoms with Crippen LogP contribution in [0.3, 0.4) is 0 Å². The lowest BCUT2D eigenvalue weighted by Gasteiger charge is -2.11. The van der Waals surface area contributed by atoms with E-state index < -0.39 is 0 Å². The summed E-state index contributed by atoms with van der Waals surface area (Å²) in [5, 5.41) is 3.36. The Morgan fingerprint density at radius 1 is 1.50 bits per heavy atom. The van der Waals surface area contributed by atoms with Crippen LogP contribution in [0.25, 0.3) is 0 Å². The highest BCUT2D eigenvalue weighted by atomic mass is 19.1. The molecule has 88 valence electrons. The van der Waals surface area contributed by atoms with Crippen molar-refractivity contribution in [1.29, 1.82) is 0 Å². The molecule has 1 N–H and O–H groups in total. The first-order valence-electron chi connectivity index (χ1n) is 5.79. The van der Waals surface area contributed by atoms with Gasteiger partial charge in [-0.2, -0.15) is 0 Å². The summed E-state index contributed by atoms with van der Waals surface area (Å²) in [5.41, 5.74) is 2.18. The van der Waals surface area contributed by atoms with E-state index in [0.29, 0.717) is 5.92 Å². The van der Waals surface area contributed by atoms with Crippen LogP contribution >= 0.6 is 0 Å². The Balaban J connectivity index is 1.82. The Morgan fingerprint density at radius 3 is 3.12 bits per heavy atom. The van der Waals surface area contributed by atoms with Gasteiger partial charge in [-0.1, -0.05) is 6.07 Å². The molecule has 16 heavy (non-hydrogen) atoms. The lowest BCUT2D eigenvalue weighted by molar-refractivity contribution is 0.185. The van der Waals surface area contributed by atoms with Gasteiger partial charge in [0.2, 0.25) is 0 Å². The number of rotatable bonds is 4. The molecule has 2 rings (SSSR count). The van der Waals surface area contributed by atoms with Gasteiger partial charge in [-0.05, 0) is 42.5 Å². The molecular formula is C13H18FNO. The normalized spacial score (nSPS) is 20.2. The number of hydrogen-bond acceptors (Lipinski definition) is 2. The number of nitrogens with one attached hydrogen (secondary N) is 1. The van der Waals surface area contributed by atoms with E-state index in [1.165, 1.54) is 6.07 Å². The molecule has 1 aliphatic rings. The van der Waals surface area contributed by atoms with Crippen molar-refractivity contribution in [2.45, 2.75) is 19.9 Å². The van der Waals surface area contributed by atoms with E-state index in [2.05, 4.69) is 5.32 Å². The van der Waals surface area contributed by atoms with Crippen LogP contribution in [-0.2, 0) is 11.3 Å². The standard InChI is InChI=1S/C13H18FNO/c1-10-2-3-13(14)6-12(10)8-15-7-11-4-5-16-9-11/h2-3,6,11,15H,4-5,7-9H2,1H3. The van der Waals surface area contributed by atoms with Gasteiger partial charge in [0, 0.05) is 19.7 Å². The van der Waals surface area contributed by atoms with E-state index in [1.54, 1.807) is 6.07 Å². The van der Waals surface area contributed by atoms with Crippen molar-refractivity contribution in [2.24, 2.45) is 5.92 Å². The molecule has 0 aromatic heterocycles. The molecule has 1 atom stereocenters. The zero-order chi connectivity index (χ0) is 11.4. The zero-order valence-corrected chi connectivity index (χ0v) is 9.63. The van der Waals surface area contributed by atoms with Crippen LogP contribution < -0.4 is 5.32 Å². The van der Waals surface area contributed by atoms with E-state index in [1.807, 2.05) is 13.0 Å². The molecule has 1 aliphatic heterocycles. The molecule has 1 saturated heterocycles. The molecule has 0 aliphatic carbocycles. The van der Waals surface area contributed by atoms with E-state index in [4.69, 9.17) is 4.74 Å². The number of benzene rings is 1. The Kier molecular flexibility index (Phi) is 3.91. The maximum Gasteiger partial charge on any atom is 0.123 e. The molecule has 1 aromatic rings. The average molecular weight is 223 g/mol. The highest BCUT2D eigenvalue weighted by Gasteiger charge is 2.14. The van der Waals surface area contributed by atoms with Crippen LogP contribution in [0.4, 0.5) is 4.39 Å². The monoisotopic (exact) mass is 223 g/mol. The minimum atomic E-state index is -0.161. The first-order chi connectivity index (χ1) is 7.75. The number of hydrogen-bond donors (Lipinski definition) is 1. The van der Waals surface area contributed by atoms with E-state index in [-0.39, 0.29) is 5.82 Å². The smallest absolute Gasteiger partial charge is 0.123 e. The maximum absolute atomic E-state index is 13.0. The summed E-state index contributed by atoms with van der Waals surface area (Å²) in [6.45, 7) is 5.44. The summed E-state index contributed by atoms with van der Waals surface area (Å²) in [7, 11) is 0. The minimum Gasteiger partial charge on any atom is -0.381 e. The van der Waals surface area contributed by atoms with Crippen LogP contribution in [-0.4, -0.2) is 19.8 Å². The number of halogens is 1. The summed E-state index contributed by atoms with van der Waals surface area (Å²) >= 11 is 0. The van der Waals surface area contributed by atoms with E-state index in [0.717, 1.165) is 43.9 Å². The second-order valence-electron chi connectivity index (χ2n) is 4.43. The number of ether oxygens (including phenoxy) is 1. The minimum absolute atomic E-state index is 0.161. The zero-order valence-electron chi connectivity index (χ0n) is 9.63. The predicted molar refractivity (Wildman–Crippen MR) is 61.8 cm³/mol. The van der Waals surface area contributed by atoms with Gasteiger partial charge in [0.15, 0.2) is 0 Å². The molecule has 1 heterocycles. The third kappa shape index (κ3) is 3.03. The van der Waals surface area contributed by atoms with E-state index in [9.17, 15) is 4.39 Å². The molecule has 1 fully saturated rings. The van der Waals surface area contributed by atoms with Crippen molar-refractivity contribution < 1.29 is 9.13 Å². The van der Waals surface area contributed by atoms with Crippen LogP contribution in [0.15, 0.2) is 18.2 Å². The fourth-order valence-electron chi connectivity index (χ4n) is 1.99. The molecule has 0 radical (unpaired) electrons. The second-order valence-corrected chi connectivity index (χ2v) is 4.43. The highest BCUT2D eigenvalue weighted by Crippen LogP contribution is 2.12. The molecule has 3 heteroatoms. The van der Waals surface area contributed by atoms with Gasteiger partial charge in [0.25, 0.3) is 0 Å². The van der Waals surface area contributed by atoms with Crippen molar-refractivity contribution in [3.05, 3.63) is 35.1 Å². The van der Waals surface area contributed by atoms with Crippen molar-refractivity contribution in [2.75, 3.05) is 19.8 Å². The van der Waals surface area contributed by atoms with Gasteiger partial charge >= 0.3 is 0 Å². The Hall–Kier alpha value is -0.930. The Bertz CT molecular complexity index is 348. The molecular weight excluding hydrogens is 205 g/mol. The van der Waals surface area contributed by atoms with Crippen LogP contribution in [0, 0.1) is 18.7 Å². The SMILES string of the molecule is Cc1ccc(F)cc1CNCC1CCOC1. The number of aryl methyl sites for hydroxylation is 1. The highest BCUT2D eigenvalue weighted by molar-refractivity contribution is 5.26. The third-order valence-corrected chi connectivity index (χ3v) is 3.08. The van der Waals surface area contributed by atoms with Gasteiger partial charge in [-0.15, -0.1) is 0 Å². The lowest BCUT2D eigenvalue weighted by Crippen LogP contribution is -2.23. The molecule has 1 aromatic carbocycles. The average Bonchev–Trinajstić information content (AvgIpc) is 2.76. The van der Waals surface area contributed by atoms with Crippen LogP contribution in [0.2, 0.25) is 0 Å². The summed E-state index contributed by atoms with van der Waals surface area (Å²) in [5.74, 6) is 0.459. The van der Waals surface area contributed by atoms with Gasteiger partial charge in [0.05, 0.1) is 6.61 Å². The fraction of sp³-hybridized carbons (Fsp3) is 0.538. The van der Waals surface area contributed by atoms with Crippen molar-refractivity contribution >= 4 is 0 Å². The Labute approximate surface area is 95.8 Å². The molecule has 0 spiro atoms. The van der Waals surface area contributed by atoms with Crippen LogP contribution in [0.5, 0.6) is 0 Å². The summed E-state index contributed by atoms with van der Waals surface area (Å²) in [6, 6.07) is 4.93. The largest absolute Gasteiger partial charge is 0.381 e. The van der Waals surface area contributed by atoms with Gasteiger partial charge in [-0.3, -0.25) is 0 Å². The fourth-order valence-corrected chi connectivity index (χ4v) is 1.99. The maximum atomic E-state index is 13.0. The van der Waals surface area contributed by atoms with Crippen molar-refractivity contribution in [3.8, 4) is 0 Å². The molecule has 0 saturated carbocycles. The summed E-state index contributed by atoms with van der Waals surface area (Å²) in [4.78, 5) is 0. The Morgan fingerprint density at radius 2 is 2.38 bits per heavy atom. The molecule has 1 unspecified atom stereocenters. The molecule has 2 nitrogen and oxygen atoms in total. The predicted octanol–water partition coefficient (Wildman–Crippen LogP) is 2.26. The van der Waals surface area contributed by atoms with Crippen molar-refractivity contribution in [1.82, 2.24) is 5.32 Å². The molecule has 0 bridgehead atoms. The summed E-state index contributed by atoms with van der Waals surface area (Å²) in [6.07, 6.45) is 1.13. The second kappa shape index (κ2) is 5.41. The quantitative estimate of drug-likeness (QED) is 0.845. The summed E-state index contributed by atoms with van der Waals surface area (Å²) < 4.78 is 18.3. The van der Waals surface area contributed by atoms with Gasteiger partial charge in [-0.25, -0.2) is 4.39 Å². The van der Waals surface area contributed by atoms with Gasteiger partial charge in [0.1, 0.15) is 5.82 Å². The lowest BCUT2D eigenvalue weighted by atomic mass is 10.1. The van der Waals surface area contributed by atoms with Crippen molar-refractivity contribution in [3.63, 3.8) is 0 Å².